The molecule has 37 heavy (non-hydrogen) atoms. The largest absolute Gasteiger partial charge is 0.494 e. The number of methoxy groups -OCH3 is 1. The molecule has 0 saturated heterocycles. The lowest BCUT2D eigenvalue weighted by Crippen LogP contribution is -2.25. The number of hydrogen-bond donors (Lipinski definition) is 3. The Kier molecular flexibility index (Phi) is 8.62. The van der Waals surface area contributed by atoms with E-state index in [4.69, 9.17) is 24.4 Å². The van der Waals surface area contributed by atoms with Crippen molar-refractivity contribution in [1.29, 1.82) is 0 Å². The number of carbonyl (C=O) groups is 2. The summed E-state index contributed by atoms with van der Waals surface area (Å²) in [5.74, 6) is 0.955. The van der Waals surface area contributed by atoms with Gasteiger partial charge in [-0.15, -0.1) is 0 Å². The Morgan fingerprint density at radius 3 is 2.41 bits per heavy atom. The lowest BCUT2D eigenvalue weighted by atomic mass is 10.2. The maximum absolute atomic E-state index is 12.5. The molecule has 0 unspecified atom stereocenters. The number of furan rings is 1. The summed E-state index contributed by atoms with van der Waals surface area (Å²) in [6, 6.07) is 21.0. The first-order chi connectivity index (χ1) is 18.0. The molecule has 0 atom stereocenters. The van der Waals surface area contributed by atoms with Gasteiger partial charge in [0.2, 0.25) is 0 Å². The van der Waals surface area contributed by atoms with Gasteiger partial charge in [-0.3, -0.25) is 9.59 Å². The van der Waals surface area contributed by atoms with Gasteiger partial charge in [-0.05, 0) is 61.0 Å². The third-order valence-electron chi connectivity index (χ3n) is 5.47. The van der Waals surface area contributed by atoms with Crippen molar-refractivity contribution in [2.75, 3.05) is 44.5 Å². The number of amides is 2. The van der Waals surface area contributed by atoms with Gasteiger partial charge >= 0.3 is 0 Å². The van der Waals surface area contributed by atoms with Gasteiger partial charge in [-0.2, -0.15) is 0 Å². The predicted octanol–water partition coefficient (Wildman–Crippen LogP) is 4.49. The number of benzene rings is 3. The third-order valence-corrected chi connectivity index (χ3v) is 5.47. The van der Waals surface area contributed by atoms with Gasteiger partial charge in [0.1, 0.15) is 23.7 Å². The van der Waals surface area contributed by atoms with Gasteiger partial charge in [0, 0.05) is 30.7 Å². The molecule has 0 aliphatic rings. The molecule has 0 radical (unpaired) electrons. The van der Waals surface area contributed by atoms with Gasteiger partial charge in [-0.1, -0.05) is 12.1 Å². The fourth-order valence-electron chi connectivity index (χ4n) is 3.52. The van der Waals surface area contributed by atoms with Crippen LogP contribution in [0.5, 0.6) is 11.5 Å². The second-order valence-corrected chi connectivity index (χ2v) is 8.18. The number of anilines is 2. The van der Waals surface area contributed by atoms with Crippen LogP contribution in [0, 0.1) is 0 Å². The molecule has 0 spiro atoms. The molecule has 0 aliphatic carbocycles. The van der Waals surface area contributed by atoms with Crippen molar-refractivity contribution < 1.29 is 28.2 Å². The number of nitrogen functional groups attached to an aromatic ring is 1. The SMILES string of the molecule is COCCOc1ccc2cc(C(=O)NCCCOc3ccc(C(=O)Nc4ccccc4N)cc3)oc2c1. The van der Waals surface area contributed by atoms with Crippen molar-refractivity contribution >= 4 is 34.2 Å². The van der Waals surface area contributed by atoms with Crippen LogP contribution in [0.2, 0.25) is 0 Å². The second kappa shape index (κ2) is 12.5. The summed E-state index contributed by atoms with van der Waals surface area (Å²) in [5.41, 5.74) is 8.00. The number of nitrogens with one attached hydrogen (secondary N) is 2. The second-order valence-electron chi connectivity index (χ2n) is 8.18. The molecule has 0 bridgehead atoms. The van der Waals surface area contributed by atoms with Crippen molar-refractivity contribution in [3.05, 3.63) is 84.1 Å². The highest BCUT2D eigenvalue weighted by molar-refractivity contribution is 6.05. The topological polar surface area (TPSA) is 125 Å². The van der Waals surface area contributed by atoms with Crippen LogP contribution in [-0.4, -0.2) is 45.3 Å². The summed E-state index contributed by atoms with van der Waals surface area (Å²) in [6.07, 6.45) is 0.596. The Morgan fingerprint density at radius 2 is 1.62 bits per heavy atom. The van der Waals surface area contributed by atoms with Gasteiger partial charge in [0.25, 0.3) is 11.8 Å². The van der Waals surface area contributed by atoms with E-state index < -0.39 is 0 Å². The molecule has 0 aliphatic heterocycles. The molecule has 9 heteroatoms. The van der Waals surface area contributed by atoms with Crippen LogP contribution >= 0.6 is 0 Å². The average molecular weight is 504 g/mol. The number of carbonyl (C=O) groups excluding carboxylic acids is 2. The fourth-order valence-corrected chi connectivity index (χ4v) is 3.52. The number of hydrogen-bond acceptors (Lipinski definition) is 7. The molecule has 4 rings (SSSR count). The van der Waals surface area contributed by atoms with E-state index in [0.717, 1.165) is 5.39 Å². The monoisotopic (exact) mass is 503 g/mol. The zero-order valence-corrected chi connectivity index (χ0v) is 20.5. The molecule has 9 nitrogen and oxygen atoms in total. The molecule has 1 aromatic heterocycles. The van der Waals surface area contributed by atoms with Crippen LogP contribution in [0.15, 0.2) is 77.2 Å². The average Bonchev–Trinajstić information content (AvgIpc) is 3.34. The van der Waals surface area contributed by atoms with E-state index in [1.807, 2.05) is 12.1 Å². The summed E-state index contributed by atoms with van der Waals surface area (Å²) in [6.45, 7) is 1.73. The molecular formula is C28H29N3O6. The molecule has 0 fully saturated rings. The highest BCUT2D eigenvalue weighted by Gasteiger charge is 2.13. The van der Waals surface area contributed by atoms with Crippen LogP contribution in [-0.2, 0) is 4.74 Å². The van der Waals surface area contributed by atoms with E-state index in [2.05, 4.69) is 10.6 Å². The van der Waals surface area contributed by atoms with Crippen LogP contribution in [0.4, 0.5) is 11.4 Å². The highest BCUT2D eigenvalue weighted by Crippen LogP contribution is 2.24. The van der Waals surface area contributed by atoms with E-state index in [9.17, 15) is 9.59 Å². The first kappa shape index (κ1) is 25.6. The summed E-state index contributed by atoms with van der Waals surface area (Å²) in [7, 11) is 1.61. The maximum Gasteiger partial charge on any atom is 0.287 e. The molecular weight excluding hydrogens is 474 g/mol. The number of ether oxygens (including phenoxy) is 3. The van der Waals surface area contributed by atoms with E-state index in [1.54, 1.807) is 67.8 Å². The number of fused-ring (bicyclic) bond motifs is 1. The minimum absolute atomic E-state index is 0.232. The number of rotatable bonds is 12. The first-order valence-electron chi connectivity index (χ1n) is 11.9. The Bertz CT molecular complexity index is 1350. The van der Waals surface area contributed by atoms with Crippen LogP contribution in [0.25, 0.3) is 11.0 Å². The Morgan fingerprint density at radius 1 is 0.865 bits per heavy atom. The fraction of sp³-hybridized carbons (Fsp3) is 0.214. The van der Waals surface area contributed by atoms with Crippen LogP contribution < -0.4 is 25.8 Å². The van der Waals surface area contributed by atoms with E-state index in [-0.39, 0.29) is 17.6 Å². The maximum atomic E-state index is 12.5. The molecule has 0 saturated carbocycles. The molecule has 4 aromatic rings. The molecule has 3 aromatic carbocycles. The lowest BCUT2D eigenvalue weighted by molar-refractivity contribution is 0.0925. The van der Waals surface area contributed by atoms with E-state index in [0.29, 0.717) is 66.8 Å². The van der Waals surface area contributed by atoms with E-state index >= 15 is 0 Å². The van der Waals surface area contributed by atoms with Gasteiger partial charge in [0.15, 0.2) is 5.76 Å². The molecule has 2 amide bonds. The number of nitrogens with two attached hydrogens (primary N) is 1. The first-order valence-corrected chi connectivity index (χ1v) is 11.9. The minimum atomic E-state index is -0.299. The Balaban J connectivity index is 1.19. The van der Waals surface area contributed by atoms with Crippen LogP contribution in [0.3, 0.4) is 0 Å². The van der Waals surface area contributed by atoms with Crippen molar-refractivity contribution in [2.24, 2.45) is 0 Å². The van der Waals surface area contributed by atoms with Gasteiger partial charge in [0.05, 0.1) is 24.6 Å². The quantitative estimate of drug-likeness (QED) is 0.192. The van der Waals surface area contributed by atoms with Gasteiger partial charge < -0.3 is 35.0 Å². The summed E-state index contributed by atoms with van der Waals surface area (Å²) in [5, 5.41) is 6.44. The zero-order chi connectivity index (χ0) is 26.0. The normalized spacial score (nSPS) is 10.7. The summed E-state index contributed by atoms with van der Waals surface area (Å²) >= 11 is 0. The third kappa shape index (κ3) is 7.02. The summed E-state index contributed by atoms with van der Waals surface area (Å²) < 4.78 is 21.9. The lowest BCUT2D eigenvalue weighted by Gasteiger charge is -2.09. The summed E-state index contributed by atoms with van der Waals surface area (Å²) in [4.78, 5) is 24.9. The minimum Gasteiger partial charge on any atom is -0.494 e. The van der Waals surface area contributed by atoms with Crippen molar-refractivity contribution in [3.8, 4) is 11.5 Å². The standard InChI is InChI=1S/C28H29N3O6/c1-34-15-16-36-22-12-9-20-17-26(37-25(20)18-22)28(33)30-13-4-14-35-21-10-7-19(8-11-21)27(32)31-24-6-3-2-5-23(24)29/h2-3,5-12,17-18H,4,13-16,29H2,1H3,(H,30,33)(H,31,32). The molecule has 1 heterocycles. The predicted molar refractivity (Wildman–Crippen MR) is 141 cm³/mol. The van der Waals surface area contributed by atoms with Crippen molar-refractivity contribution in [3.63, 3.8) is 0 Å². The zero-order valence-electron chi connectivity index (χ0n) is 20.5. The van der Waals surface area contributed by atoms with E-state index in [1.165, 1.54) is 0 Å². The Hall–Kier alpha value is -4.50. The number of para-hydroxylation sites is 2. The Labute approximate surface area is 214 Å². The highest BCUT2D eigenvalue weighted by atomic mass is 16.5. The smallest absolute Gasteiger partial charge is 0.287 e. The van der Waals surface area contributed by atoms with Crippen molar-refractivity contribution in [2.45, 2.75) is 6.42 Å². The molecule has 192 valence electrons. The van der Waals surface area contributed by atoms with Crippen molar-refractivity contribution in [1.82, 2.24) is 5.32 Å². The van der Waals surface area contributed by atoms with Gasteiger partial charge in [-0.25, -0.2) is 0 Å². The molecule has 4 N–H and O–H groups in total. The van der Waals surface area contributed by atoms with Crippen LogP contribution in [0.1, 0.15) is 27.3 Å².